The van der Waals surface area contributed by atoms with Crippen molar-refractivity contribution in [2.75, 3.05) is 5.73 Å². The number of nitrogen functional groups attached to an aromatic ring is 1. The summed E-state index contributed by atoms with van der Waals surface area (Å²) in [6.07, 6.45) is 0. The van der Waals surface area contributed by atoms with Crippen LogP contribution in [0.5, 0.6) is 0 Å². The number of rotatable bonds is 1. The van der Waals surface area contributed by atoms with E-state index in [0.29, 0.717) is 0 Å². The van der Waals surface area contributed by atoms with Gasteiger partial charge >= 0.3 is 0 Å². The molecular formula is C11H11NS. The Hall–Kier alpha value is -1.28. The minimum Gasteiger partial charge on any atom is -0.398 e. The molecule has 0 radical (unpaired) electrons. The van der Waals surface area contributed by atoms with Crippen molar-refractivity contribution >= 4 is 17.0 Å². The van der Waals surface area contributed by atoms with Crippen molar-refractivity contribution in [3.8, 4) is 10.4 Å². The lowest BCUT2D eigenvalue weighted by molar-refractivity contribution is 1.48. The third-order valence-corrected chi connectivity index (χ3v) is 2.95. The maximum absolute atomic E-state index is 5.66. The van der Waals surface area contributed by atoms with E-state index in [9.17, 15) is 0 Å². The second-order valence-corrected chi connectivity index (χ2v) is 4.02. The first-order valence-corrected chi connectivity index (χ1v) is 5.05. The number of thiophene rings is 1. The SMILES string of the molecule is Cc1ccc(-c2cc(N)cs2)cc1. The number of aryl methyl sites for hydroxylation is 1. The maximum Gasteiger partial charge on any atom is 0.0429 e. The van der Waals surface area contributed by atoms with Gasteiger partial charge in [-0.15, -0.1) is 11.3 Å². The van der Waals surface area contributed by atoms with Gasteiger partial charge in [-0.05, 0) is 18.6 Å². The minimum absolute atomic E-state index is 0.848. The summed E-state index contributed by atoms with van der Waals surface area (Å²) in [5.41, 5.74) is 9.03. The average molecular weight is 189 g/mol. The number of benzene rings is 1. The van der Waals surface area contributed by atoms with Crippen molar-refractivity contribution < 1.29 is 0 Å². The monoisotopic (exact) mass is 189 g/mol. The van der Waals surface area contributed by atoms with Gasteiger partial charge in [0.15, 0.2) is 0 Å². The molecule has 13 heavy (non-hydrogen) atoms. The molecule has 2 rings (SSSR count). The van der Waals surface area contributed by atoms with Crippen LogP contribution in [0.4, 0.5) is 5.69 Å². The second-order valence-electron chi connectivity index (χ2n) is 3.11. The van der Waals surface area contributed by atoms with Crippen LogP contribution in [0.25, 0.3) is 10.4 Å². The van der Waals surface area contributed by atoms with Crippen LogP contribution in [0.3, 0.4) is 0 Å². The first-order valence-electron chi connectivity index (χ1n) is 4.17. The van der Waals surface area contributed by atoms with Crippen molar-refractivity contribution in [3.05, 3.63) is 41.3 Å². The zero-order valence-electron chi connectivity index (χ0n) is 7.45. The second kappa shape index (κ2) is 3.23. The van der Waals surface area contributed by atoms with E-state index in [1.165, 1.54) is 16.0 Å². The lowest BCUT2D eigenvalue weighted by Gasteiger charge is -1.96. The normalized spacial score (nSPS) is 10.2. The van der Waals surface area contributed by atoms with Gasteiger partial charge in [-0.25, -0.2) is 0 Å². The summed E-state index contributed by atoms with van der Waals surface area (Å²) in [6, 6.07) is 10.5. The lowest BCUT2D eigenvalue weighted by atomic mass is 10.1. The van der Waals surface area contributed by atoms with E-state index in [2.05, 4.69) is 31.2 Å². The Morgan fingerprint density at radius 2 is 1.85 bits per heavy atom. The smallest absolute Gasteiger partial charge is 0.0429 e. The fourth-order valence-electron chi connectivity index (χ4n) is 1.22. The van der Waals surface area contributed by atoms with Gasteiger partial charge < -0.3 is 5.73 Å². The molecule has 0 unspecified atom stereocenters. The molecular weight excluding hydrogens is 178 g/mol. The number of anilines is 1. The van der Waals surface area contributed by atoms with E-state index in [1.54, 1.807) is 11.3 Å². The lowest BCUT2D eigenvalue weighted by Crippen LogP contribution is -1.77. The molecule has 1 aromatic heterocycles. The molecule has 1 nitrogen and oxygen atoms in total. The Bertz CT molecular complexity index is 400. The molecule has 0 saturated heterocycles. The van der Waals surface area contributed by atoms with Gasteiger partial charge in [-0.1, -0.05) is 29.8 Å². The highest BCUT2D eigenvalue weighted by molar-refractivity contribution is 7.14. The van der Waals surface area contributed by atoms with Gasteiger partial charge in [0.2, 0.25) is 0 Å². The third-order valence-electron chi connectivity index (χ3n) is 1.96. The molecule has 0 aliphatic rings. The topological polar surface area (TPSA) is 26.0 Å². The molecule has 2 N–H and O–H groups in total. The standard InChI is InChI=1S/C11H11NS/c1-8-2-4-9(5-3-8)11-6-10(12)7-13-11/h2-7H,12H2,1H3. The Kier molecular flexibility index (Phi) is 2.07. The Morgan fingerprint density at radius 3 is 2.38 bits per heavy atom. The molecule has 0 amide bonds. The molecule has 0 aliphatic carbocycles. The van der Waals surface area contributed by atoms with Gasteiger partial charge in [0.1, 0.15) is 0 Å². The molecule has 66 valence electrons. The summed E-state index contributed by atoms with van der Waals surface area (Å²) >= 11 is 1.68. The van der Waals surface area contributed by atoms with Crippen LogP contribution in [-0.4, -0.2) is 0 Å². The van der Waals surface area contributed by atoms with Gasteiger partial charge in [0.05, 0.1) is 0 Å². The average Bonchev–Trinajstić information content (AvgIpc) is 2.53. The highest BCUT2D eigenvalue weighted by Gasteiger charge is 1.99. The van der Waals surface area contributed by atoms with Crippen molar-refractivity contribution in [2.24, 2.45) is 0 Å². The zero-order valence-corrected chi connectivity index (χ0v) is 8.27. The molecule has 0 saturated carbocycles. The summed E-state index contributed by atoms with van der Waals surface area (Å²) in [6.45, 7) is 2.09. The van der Waals surface area contributed by atoms with E-state index in [0.717, 1.165) is 5.69 Å². The van der Waals surface area contributed by atoms with Gasteiger partial charge in [0, 0.05) is 15.9 Å². The van der Waals surface area contributed by atoms with Crippen LogP contribution >= 0.6 is 11.3 Å². The minimum atomic E-state index is 0.848. The molecule has 0 aliphatic heterocycles. The van der Waals surface area contributed by atoms with Crippen molar-refractivity contribution in [3.63, 3.8) is 0 Å². The summed E-state index contributed by atoms with van der Waals surface area (Å²) in [5, 5.41) is 1.97. The number of hydrogen-bond donors (Lipinski definition) is 1. The van der Waals surface area contributed by atoms with Crippen LogP contribution in [0.1, 0.15) is 5.56 Å². The fourth-order valence-corrected chi connectivity index (χ4v) is 2.03. The van der Waals surface area contributed by atoms with E-state index < -0.39 is 0 Å². The highest BCUT2D eigenvalue weighted by atomic mass is 32.1. The molecule has 0 spiro atoms. The summed E-state index contributed by atoms with van der Waals surface area (Å²) < 4.78 is 0. The fraction of sp³-hybridized carbons (Fsp3) is 0.0909. The molecule has 0 atom stereocenters. The molecule has 1 heterocycles. The predicted molar refractivity (Wildman–Crippen MR) is 58.9 cm³/mol. The van der Waals surface area contributed by atoms with Crippen LogP contribution in [0.2, 0.25) is 0 Å². The Labute approximate surface area is 81.8 Å². The van der Waals surface area contributed by atoms with E-state index >= 15 is 0 Å². The quantitative estimate of drug-likeness (QED) is 0.731. The Morgan fingerprint density at radius 1 is 1.15 bits per heavy atom. The molecule has 0 bridgehead atoms. The number of hydrogen-bond acceptors (Lipinski definition) is 2. The van der Waals surface area contributed by atoms with E-state index in [4.69, 9.17) is 5.73 Å². The predicted octanol–water partition coefficient (Wildman–Crippen LogP) is 3.31. The molecule has 1 aromatic carbocycles. The largest absolute Gasteiger partial charge is 0.398 e. The van der Waals surface area contributed by atoms with Crippen molar-refractivity contribution in [2.45, 2.75) is 6.92 Å². The third kappa shape index (κ3) is 1.73. The Balaban J connectivity index is 2.41. The number of nitrogens with two attached hydrogens (primary N) is 1. The summed E-state index contributed by atoms with van der Waals surface area (Å²) in [7, 11) is 0. The van der Waals surface area contributed by atoms with Crippen LogP contribution < -0.4 is 5.73 Å². The van der Waals surface area contributed by atoms with Gasteiger partial charge in [-0.3, -0.25) is 0 Å². The van der Waals surface area contributed by atoms with Gasteiger partial charge in [0.25, 0.3) is 0 Å². The van der Waals surface area contributed by atoms with Crippen LogP contribution in [0.15, 0.2) is 35.7 Å². The summed E-state index contributed by atoms with van der Waals surface area (Å²) in [5.74, 6) is 0. The van der Waals surface area contributed by atoms with Gasteiger partial charge in [-0.2, -0.15) is 0 Å². The van der Waals surface area contributed by atoms with Crippen LogP contribution in [-0.2, 0) is 0 Å². The first-order chi connectivity index (χ1) is 6.25. The van der Waals surface area contributed by atoms with E-state index in [1.807, 2.05) is 11.4 Å². The molecule has 2 aromatic rings. The van der Waals surface area contributed by atoms with Crippen LogP contribution in [0, 0.1) is 6.92 Å². The first kappa shape index (κ1) is 8.32. The highest BCUT2D eigenvalue weighted by Crippen LogP contribution is 2.28. The summed E-state index contributed by atoms with van der Waals surface area (Å²) in [4.78, 5) is 1.23. The van der Waals surface area contributed by atoms with E-state index in [-0.39, 0.29) is 0 Å². The molecule has 0 fully saturated rings. The van der Waals surface area contributed by atoms with Crippen molar-refractivity contribution in [1.29, 1.82) is 0 Å². The van der Waals surface area contributed by atoms with Crippen molar-refractivity contribution in [1.82, 2.24) is 0 Å². The molecule has 2 heteroatoms. The maximum atomic E-state index is 5.66. The zero-order chi connectivity index (χ0) is 9.26.